The van der Waals surface area contributed by atoms with Gasteiger partial charge in [-0.25, -0.2) is 4.57 Å². The predicted molar refractivity (Wildman–Crippen MR) is 111 cm³/mol. The van der Waals surface area contributed by atoms with Crippen molar-refractivity contribution in [3.63, 3.8) is 0 Å². The van der Waals surface area contributed by atoms with Crippen molar-refractivity contribution in [1.29, 1.82) is 0 Å². The number of hydrogen-bond donors (Lipinski definition) is 0. The summed E-state index contributed by atoms with van der Waals surface area (Å²) in [5.41, 5.74) is 7.92. The molecule has 0 fully saturated rings. The van der Waals surface area contributed by atoms with Crippen molar-refractivity contribution in [2.24, 2.45) is 7.05 Å². The summed E-state index contributed by atoms with van der Waals surface area (Å²) in [4.78, 5) is 4.89. The van der Waals surface area contributed by atoms with Gasteiger partial charge in [-0.1, -0.05) is 36.4 Å². The minimum Gasteiger partial charge on any atom is -0.369 e. The smallest absolute Gasteiger partial charge is 0.369 e. The fourth-order valence-corrected chi connectivity index (χ4v) is 4.23. The Hall–Kier alpha value is -2.75. The van der Waals surface area contributed by atoms with Crippen LogP contribution in [0.5, 0.6) is 0 Å². The summed E-state index contributed by atoms with van der Waals surface area (Å²) in [6.45, 7) is 6.78. The van der Waals surface area contributed by atoms with Crippen LogP contribution in [0, 0.1) is 20.8 Å². The summed E-state index contributed by atoms with van der Waals surface area (Å²) in [6.07, 6.45) is 2.12. The first kappa shape index (κ1) is 16.7. The molecule has 0 bridgehead atoms. The average molecular weight is 342 g/mol. The lowest BCUT2D eigenvalue weighted by Crippen LogP contribution is -2.57. The number of aromatic nitrogens is 1. The summed E-state index contributed by atoms with van der Waals surface area (Å²) < 4.78 is 2.20. The molecule has 130 valence electrons. The second kappa shape index (κ2) is 6.20. The Bertz CT molecular complexity index is 963. The molecule has 3 nitrogen and oxygen atoms in total. The van der Waals surface area contributed by atoms with Crippen molar-refractivity contribution in [2.75, 3.05) is 16.7 Å². The maximum atomic E-state index is 2.49. The van der Waals surface area contributed by atoms with Crippen molar-refractivity contribution in [3.05, 3.63) is 77.5 Å². The van der Waals surface area contributed by atoms with Crippen LogP contribution in [0.3, 0.4) is 0 Å². The minimum atomic E-state index is 0.140. The Kier molecular flexibility index (Phi) is 3.99. The van der Waals surface area contributed by atoms with Gasteiger partial charge in [0.2, 0.25) is 0 Å². The van der Waals surface area contributed by atoms with E-state index in [2.05, 4.69) is 110 Å². The molecule has 0 atom stereocenters. The number of fused-ring (bicyclic) bond motifs is 1. The fourth-order valence-electron chi connectivity index (χ4n) is 4.23. The number of nitrogens with zero attached hydrogens (tertiary/aromatic N) is 3. The van der Waals surface area contributed by atoms with Crippen molar-refractivity contribution >= 4 is 29.6 Å². The Balaban J connectivity index is 2.02. The zero-order valence-electron chi connectivity index (χ0n) is 16.2. The molecular weight excluding hydrogens is 317 g/mol. The molecule has 1 aromatic heterocycles. The first-order valence-electron chi connectivity index (χ1n) is 9.13. The van der Waals surface area contributed by atoms with E-state index in [9.17, 15) is 0 Å². The van der Waals surface area contributed by atoms with E-state index in [1.54, 1.807) is 0 Å². The number of anilines is 3. The van der Waals surface area contributed by atoms with Crippen molar-refractivity contribution in [3.8, 4) is 0 Å². The summed E-state index contributed by atoms with van der Waals surface area (Å²) >= 11 is 0. The molecule has 0 N–H and O–H groups in total. The molecule has 0 amide bonds. The topological polar surface area (TPSA) is 10.4 Å². The van der Waals surface area contributed by atoms with Crippen LogP contribution in [0.25, 0.3) is 0 Å². The molecule has 2 heterocycles. The van der Waals surface area contributed by atoms with E-state index in [1.807, 2.05) is 0 Å². The Morgan fingerprint density at radius 1 is 0.808 bits per heavy atom. The number of benzene rings is 2. The van der Waals surface area contributed by atoms with Gasteiger partial charge in [0.05, 0.1) is 18.9 Å². The second-order valence-electron chi connectivity index (χ2n) is 7.27. The highest BCUT2D eigenvalue weighted by atomic mass is 15.3. The van der Waals surface area contributed by atoms with Crippen LogP contribution in [0.2, 0.25) is 0 Å². The summed E-state index contributed by atoms with van der Waals surface area (Å²) in [7, 11) is 4.32. The van der Waals surface area contributed by atoms with Gasteiger partial charge >= 0.3 is 6.98 Å². The van der Waals surface area contributed by atoms with Gasteiger partial charge in [-0.15, -0.1) is 0 Å². The maximum absolute atomic E-state index is 2.49. The van der Waals surface area contributed by atoms with E-state index in [0.29, 0.717) is 0 Å². The van der Waals surface area contributed by atoms with Gasteiger partial charge in [0.1, 0.15) is 5.69 Å². The fraction of sp³-hybridized carbons (Fsp3) is 0.227. The van der Waals surface area contributed by atoms with Crippen LogP contribution in [0.4, 0.5) is 17.2 Å². The molecular formula is C22H25BN3+. The van der Waals surface area contributed by atoms with E-state index < -0.39 is 0 Å². The first-order valence-corrected chi connectivity index (χ1v) is 9.13. The Labute approximate surface area is 156 Å². The zero-order valence-corrected chi connectivity index (χ0v) is 16.2. The molecule has 0 aliphatic carbocycles. The molecule has 4 rings (SSSR count). The molecule has 0 saturated heterocycles. The molecule has 4 heteroatoms. The van der Waals surface area contributed by atoms with Crippen LogP contribution in [-0.4, -0.2) is 14.0 Å². The third kappa shape index (κ3) is 2.40. The molecule has 1 aliphatic rings. The molecule has 26 heavy (non-hydrogen) atoms. The SMILES string of the molecule is Cc1cccc(C)c1B1N(C)c2cccc(C)c2N1c1cccc[n+]1C. The van der Waals surface area contributed by atoms with Gasteiger partial charge in [0.25, 0.3) is 5.82 Å². The van der Waals surface area contributed by atoms with Crippen molar-refractivity contribution < 1.29 is 4.57 Å². The third-order valence-corrected chi connectivity index (χ3v) is 5.52. The van der Waals surface area contributed by atoms with Gasteiger partial charge in [-0.05, 0) is 56.6 Å². The average Bonchev–Trinajstić information content (AvgIpc) is 2.90. The van der Waals surface area contributed by atoms with E-state index in [4.69, 9.17) is 0 Å². The predicted octanol–water partition coefficient (Wildman–Crippen LogP) is 3.42. The second-order valence-corrected chi connectivity index (χ2v) is 7.27. The van der Waals surface area contributed by atoms with Crippen LogP contribution in [0.15, 0.2) is 60.8 Å². The molecule has 1 aliphatic heterocycles. The van der Waals surface area contributed by atoms with E-state index in [0.717, 1.165) is 0 Å². The number of hydrogen-bond acceptors (Lipinski definition) is 2. The van der Waals surface area contributed by atoms with Gasteiger partial charge in [0, 0.05) is 11.5 Å². The van der Waals surface area contributed by atoms with E-state index in [-0.39, 0.29) is 6.98 Å². The largest absolute Gasteiger partial charge is 0.538 e. The lowest BCUT2D eigenvalue weighted by atomic mass is 9.62. The summed E-state index contributed by atoms with van der Waals surface area (Å²) in [5.74, 6) is 1.19. The lowest BCUT2D eigenvalue weighted by Gasteiger charge is -2.24. The van der Waals surface area contributed by atoms with Gasteiger partial charge in [-0.3, -0.25) is 4.81 Å². The molecule has 3 aromatic rings. The molecule has 0 spiro atoms. The van der Waals surface area contributed by atoms with Crippen LogP contribution < -0.4 is 19.7 Å². The normalized spacial score (nSPS) is 13.3. The first-order chi connectivity index (χ1) is 12.5. The van der Waals surface area contributed by atoms with Gasteiger partial charge < -0.3 is 4.81 Å². The molecule has 0 radical (unpaired) electrons. The van der Waals surface area contributed by atoms with Crippen molar-refractivity contribution in [2.45, 2.75) is 20.8 Å². The maximum Gasteiger partial charge on any atom is 0.538 e. The highest BCUT2D eigenvalue weighted by molar-refractivity contribution is 6.83. The lowest BCUT2D eigenvalue weighted by molar-refractivity contribution is -0.658. The van der Waals surface area contributed by atoms with Crippen molar-refractivity contribution in [1.82, 2.24) is 0 Å². The Morgan fingerprint density at radius 2 is 1.46 bits per heavy atom. The molecule has 0 saturated carbocycles. The minimum absolute atomic E-state index is 0.140. The zero-order chi connectivity index (χ0) is 18.4. The number of pyridine rings is 1. The summed E-state index contributed by atoms with van der Waals surface area (Å²) in [6, 6.07) is 19.6. The molecule has 0 unspecified atom stereocenters. The third-order valence-electron chi connectivity index (χ3n) is 5.52. The number of aryl methyl sites for hydroxylation is 4. The number of para-hydroxylation sites is 1. The van der Waals surface area contributed by atoms with E-state index >= 15 is 0 Å². The Morgan fingerprint density at radius 3 is 2.15 bits per heavy atom. The molecule has 2 aromatic carbocycles. The van der Waals surface area contributed by atoms with Crippen LogP contribution >= 0.6 is 0 Å². The van der Waals surface area contributed by atoms with E-state index in [1.165, 1.54) is 39.3 Å². The van der Waals surface area contributed by atoms with Gasteiger partial charge in [0.15, 0.2) is 0 Å². The van der Waals surface area contributed by atoms with Crippen LogP contribution in [0.1, 0.15) is 16.7 Å². The standard InChI is InChI=1S/C22H25BN3/c1-16-10-8-11-17(2)21(16)23-25(5)19-13-9-12-18(3)22(19)26(23)20-14-6-7-15-24(20)4/h6-15H,1-5H3/q+1. The van der Waals surface area contributed by atoms with Crippen LogP contribution in [-0.2, 0) is 7.05 Å². The highest BCUT2D eigenvalue weighted by Gasteiger charge is 2.50. The number of rotatable bonds is 2. The van der Waals surface area contributed by atoms with Gasteiger partial charge in [-0.2, -0.15) is 0 Å². The highest BCUT2D eigenvalue weighted by Crippen LogP contribution is 2.43. The summed E-state index contributed by atoms with van der Waals surface area (Å²) in [5, 5.41) is 0. The monoisotopic (exact) mass is 342 g/mol. The quantitative estimate of drug-likeness (QED) is 0.522.